The molecule has 0 unspecified atom stereocenters. The van der Waals surface area contributed by atoms with E-state index in [0.717, 1.165) is 0 Å². The molecule has 4 nitrogen and oxygen atoms in total. The summed E-state index contributed by atoms with van der Waals surface area (Å²) in [6.07, 6.45) is 4.27. The second kappa shape index (κ2) is 5.54. The van der Waals surface area contributed by atoms with Crippen molar-refractivity contribution < 1.29 is 5.41 Å². The summed E-state index contributed by atoms with van der Waals surface area (Å²) in [6.45, 7) is 0. The van der Waals surface area contributed by atoms with Crippen LogP contribution < -0.4 is 16.9 Å². The summed E-state index contributed by atoms with van der Waals surface area (Å²) >= 11 is 3.17. The Balaban J connectivity index is 4.89. The van der Waals surface area contributed by atoms with E-state index in [1.54, 1.807) is 13.3 Å². The van der Waals surface area contributed by atoms with Gasteiger partial charge in [0, 0.05) is 25.0 Å². The van der Waals surface area contributed by atoms with Crippen LogP contribution in [-0.2, 0) is 0 Å². The Bertz CT molecular complexity index is 252. The van der Waals surface area contributed by atoms with E-state index in [-0.39, 0.29) is 0 Å². The first kappa shape index (κ1) is 10.9. The zero-order chi connectivity index (χ0) is 9.56. The fraction of sp³-hybridized carbons (Fsp3) is 0.143. The molecule has 0 saturated heterocycles. The highest BCUT2D eigenvalue weighted by atomic mass is 79.9. The number of allylic oxidation sites excluding steroid dienone is 2. The minimum absolute atomic E-state index is 0.464. The Morgan fingerprint density at radius 2 is 2.17 bits per heavy atom. The second-order valence-corrected chi connectivity index (χ2v) is 2.79. The first-order valence-corrected chi connectivity index (χ1v) is 4.01. The predicted molar refractivity (Wildman–Crippen MR) is 54.8 cm³/mol. The van der Waals surface area contributed by atoms with Crippen LogP contribution in [0.3, 0.4) is 0 Å². The van der Waals surface area contributed by atoms with Gasteiger partial charge in [0.2, 0.25) is 0 Å². The van der Waals surface area contributed by atoms with Crippen molar-refractivity contribution in [2.45, 2.75) is 0 Å². The fourth-order valence-corrected chi connectivity index (χ4v) is 0.798. The van der Waals surface area contributed by atoms with Gasteiger partial charge >= 0.3 is 0 Å². The van der Waals surface area contributed by atoms with Gasteiger partial charge in [0.05, 0.1) is 5.70 Å². The van der Waals surface area contributed by atoms with Crippen molar-refractivity contribution >= 4 is 28.4 Å². The van der Waals surface area contributed by atoms with Crippen molar-refractivity contribution in [3.05, 3.63) is 22.0 Å². The molecule has 0 fully saturated rings. The Hall–Kier alpha value is -1.10. The molecule has 0 radical (unpaired) electrons. The number of nitrogens with zero attached hydrogens (tertiary/aromatic N) is 1. The molecular weight excluding hydrogens is 220 g/mol. The minimum atomic E-state index is 0.464. The van der Waals surface area contributed by atoms with Crippen molar-refractivity contribution in [1.29, 1.82) is 0 Å². The smallest absolute Gasteiger partial charge is 0.176 e. The van der Waals surface area contributed by atoms with Crippen LogP contribution in [0.25, 0.3) is 0 Å². The maximum atomic E-state index is 5.65. The molecule has 5 heteroatoms. The highest BCUT2D eigenvalue weighted by Crippen LogP contribution is 2.09. The molecule has 6 N–H and O–H groups in total. The molecular formula is C7H12BrN4+. The fourth-order valence-electron chi connectivity index (χ4n) is 0.569. The van der Waals surface area contributed by atoms with Crippen LogP contribution in [0.5, 0.6) is 0 Å². The molecule has 0 rings (SSSR count). The number of rotatable bonds is 3. The maximum Gasteiger partial charge on any atom is 0.176 e. The third-order valence-electron chi connectivity index (χ3n) is 1.16. The van der Waals surface area contributed by atoms with Gasteiger partial charge in [-0.2, -0.15) is 0 Å². The van der Waals surface area contributed by atoms with E-state index in [4.69, 9.17) is 16.9 Å². The first-order valence-electron chi connectivity index (χ1n) is 3.22. The lowest BCUT2D eigenvalue weighted by Gasteiger charge is -1.99. The summed E-state index contributed by atoms with van der Waals surface area (Å²) in [4.78, 5) is 3.78. The van der Waals surface area contributed by atoms with Gasteiger partial charge in [-0.1, -0.05) is 0 Å². The molecule has 0 spiro atoms. The highest BCUT2D eigenvalue weighted by Gasteiger charge is 2.02. The third kappa shape index (κ3) is 2.87. The van der Waals surface area contributed by atoms with Crippen LogP contribution in [0.1, 0.15) is 0 Å². The molecule has 0 aliphatic heterocycles. The predicted octanol–water partition coefficient (Wildman–Crippen LogP) is -1.08. The van der Waals surface area contributed by atoms with E-state index in [0.29, 0.717) is 15.8 Å². The Kier molecular flexibility index (Phi) is 5.03. The summed E-state index contributed by atoms with van der Waals surface area (Å²) < 4.78 is 0.596. The number of halogens is 1. The van der Waals surface area contributed by atoms with Gasteiger partial charge in [0.1, 0.15) is 4.48 Å². The lowest BCUT2D eigenvalue weighted by molar-refractivity contribution is -0.104. The van der Waals surface area contributed by atoms with Gasteiger partial charge in [0.25, 0.3) is 0 Å². The average molecular weight is 232 g/mol. The highest BCUT2D eigenvalue weighted by molar-refractivity contribution is 9.12. The van der Waals surface area contributed by atoms with E-state index in [2.05, 4.69) is 20.9 Å². The van der Waals surface area contributed by atoms with Crippen molar-refractivity contribution in [3.8, 4) is 0 Å². The molecule has 12 heavy (non-hydrogen) atoms. The van der Waals surface area contributed by atoms with E-state index in [9.17, 15) is 0 Å². The lowest BCUT2D eigenvalue weighted by Crippen LogP contribution is -2.30. The van der Waals surface area contributed by atoms with Gasteiger partial charge < -0.3 is 11.5 Å². The van der Waals surface area contributed by atoms with E-state index in [1.165, 1.54) is 12.4 Å². The maximum absolute atomic E-state index is 5.65. The van der Waals surface area contributed by atoms with E-state index >= 15 is 0 Å². The van der Waals surface area contributed by atoms with Gasteiger partial charge in [-0.05, 0) is 15.9 Å². The van der Waals surface area contributed by atoms with Crippen molar-refractivity contribution in [2.75, 3.05) is 7.05 Å². The lowest BCUT2D eigenvalue weighted by atomic mass is 10.2. The van der Waals surface area contributed by atoms with Gasteiger partial charge in [-0.15, -0.1) is 0 Å². The zero-order valence-corrected chi connectivity index (χ0v) is 8.38. The van der Waals surface area contributed by atoms with E-state index in [1.807, 2.05) is 0 Å². The van der Waals surface area contributed by atoms with Crippen LogP contribution in [0.4, 0.5) is 0 Å². The molecule has 0 aromatic carbocycles. The second-order valence-electron chi connectivity index (χ2n) is 1.94. The molecule has 0 heterocycles. The molecule has 0 bridgehead atoms. The molecule has 66 valence electrons. The number of nitrogens with two attached hydrogens (primary N) is 3. The van der Waals surface area contributed by atoms with Crippen LogP contribution >= 0.6 is 15.9 Å². The summed E-state index contributed by atoms with van der Waals surface area (Å²) in [7, 11) is 1.64. The van der Waals surface area contributed by atoms with Crippen molar-refractivity contribution in [1.82, 2.24) is 0 Å². The monoisotopic (exact) mass is 231 g/mol. The van der Waals surface area contributed by atoms with Gasteiger partial charge in [-0.25, -0.2) is 0 Å². The molecule has 0 saturated carbocycles. The molecule has 0 amide bonds. The largest absolute Gasteiger partial charge is 0.404 e. The standard InChI is InChI=1S/C7H11BrN4/c1-12-4-5(2-9)7(11)6(8)3-10/h2-4,10H,9,11H2,1H3/p+1/b5-2?,7-6+,10-3?,12-4?. The van der Waals surface area contributed by atoms with Crippen LogP contribution in [0.2, 0.25) is 0 Å². The quantitative estimate of drug-likeness (QED) is 0.427. The summed E-state index contributed by atoms with van der Waals surface area (Å²) in [5.74, 6) is 0. The molecule has 0 atom stereocenters. The first-order chi connectivity index (χ1) is 5.67. The molecule has 0 aliphatic carbocycles. The summed E-state index contributed by atoms with van der Waals surface area (Å²) in [5, 5.41) is 5.24. The minimum Gasteiger partial charge on any atom is -0.404 e. The SMILES string of the molecule is CN=CC(=CN)/C(N)=C(\Br)C=[NH2+]. The Morgan fingerprint density at radius 1 is 1.58 bits per heavy atom. The number of hydrogen-bond donors (Lipinski definition) is 3. The Morgan fingerprint density at radius 3 is 2.50 bits per heavy atom. The number of hydrogen-bond acceptors (Lipinski definition) is 3. The van der Waals surface area contributed by atoms with Crippen LogP contribution in [-0.4, -0.2) is 19.5 Å². The molecule has 0 aliphatic rings. The molecule has 0 aromatic heterocycles. The van der Waals surface area contributed by atoms with Crippen LogP contribution in [0.15, 0.2) is 26.9 Å². The van der Waals surface area contributed by atoms with Gasteiger partial charge in [0.15, 0.2) is 6.21 Å². The Labute approximate surface area is 79.7 Å². The number of aliphatic imine (C=N–C) groups is 1. The zero-order valence-electron chi connectivity index (χ0n) is 6.79. The summed E-state index contributed by atoms with van der Waals surface area (Å²) in [6, 6.07) is 0. The third-order valence-corrected chi connectivity index (χ3v) is 1.85. The van der Waals surface area contributed by atoms with Crippen LogP contribution in [0, 0.1) is 0 Å². The molecule has 0 aromatic rings. The van der Waals surface area contributed by atoms with Gasteiger partial charge in [-0.3, -0.25) is 10.4 Å². The summed E-state index contributed by atoms with van der Waals surface area (Å²) in [5.41, 5.74) is 12.1. The van der Waals surface area contributed by atoms with Crippen molar-refractivity contribution in [2.24, 2.45) is 16.5 Å². The average Bonchev–Trinajstić information content (AvgIpc) is 2.11. The van der Waals surface area contributed by atoms with Crippen molar-refractivity contribution in [3.63, 3.8) is 0 Å². The topological polar surface area (TPSA) is 90.0 Å². The normalized spacial score (nSPS) is 14.7. The van der Waals surface area contributed by atoms with E-state index < -0.39 is 0 Å².